The summed E-state index contributed by atoms with van der Waals surface area (Å²) in [6.07, 6.45) is 0.211. The molecular formula is C9H11FN2O5S. The highest BCUT2D eigenvalue weighted by Crippen LogP contribution is 2.21. The van der Waals surface area contributed by atoms with Crippen LogP contribution in [0.1, 0.15) is 6.42 Å². The molecule has 1 rings (SSSR count). The van der Waals surface area contributed by atoms with Gasteiger partial charge in [0.2, 0.25) is 15.8 Å². The Morgan fingerprint density at radius 2 is 2.11 bits per heavy atom. The van der Waals surface area contributed by atoms with Gasteiger partial charge in [-0.15, -0.1) is 0 Å². The normalized spacial score (nSPS) is 11.4. The Bertz CT molecular complexity index is 546. The average Bonchev–Trinajstić information content (AvgIpc) is 2.29. The zero-order chi connectivity index (χ0) is 13.8. The minimum absolute atomic E-state index is 0.00991. The second kappa shape index (κ2) is 5.85. The molecule has 0 aliphatic carbocycles. The van der Waals surface area contributed by atoms with E-state index in [2.05, 4.69) is 4.72 Å². The van der Waals surface area contributed by atoms with Gasteiger partial charge in [0.25, 0.3) is 0 Å². The number of rotatable bonds is 6. The van der Waals surface area contributed by atoms with Gasteiger partial charge in [-0.2, -0.15) is 4.39 Å². The molecule has 0 fully saturated rings. The summed E-state index contributed by atoms with van der Waals surface area (Å²) in [6.45, 7) is -0.198. The quantitative estimate of drug-likeness (QED) is 0.444. The van der Waals surface area contributed by atoms with Crippen LogP contribution in [0, 0.1) is 15.9 Å². The molecule has 0 heterocycles. The first-order valence-electron chi connectivity index (χ1n) is 4.93. The lowest BCUT2D eigenvalue weighted by Crippen LogP contribution is -2.25. The first-order valence-corrected chi connectivity index (χ1v) is 6.41. The Kier molecular flexibility index (Phi) is 4.70. The van der Waals surface area contributed by atoms with Crippen LogP contribution in [0.2, 0.25) is 0 Å². The number of nitro groups is 1. The van der Waals surface area contributed by atoms with Crippen LogP contribution in [0.25, 0.3) is 0 Å². The van der Waals surface area contributed by atoms with Gasteiger partial charge in [-0.25, -0.2) is 13.1 Å². The zero-order valence-corrected chi connectivity index (χ0v) is 9.98. The number of nitrogens with zero attached hydrogens (tertiary/aromatic N) is 1. The fourth-order valence-corrected chi connectivity index (χ4v) is 2.26. The highest BCUT2D eigenvalue weighted by atomic mass is 32.2. The van der Waals surface area contributed by atoms with Gasteiger partial charge in [-0.05, 0) is 18.6 Å². The minimum Gasteiger partial charge on any atom is -0.396 e. The van der Waals surface area contributed by atoms with E-state index < -0.39 is 31.3 Å². The van der Waals surface area contributed by atoms with Crippen LogP contribution in [-0.4, -0.2) is 31.6 Å². The summed E-state index contributed by atoms with van der Waals surface area (Å²) in [6, 6.07) is 2.30. The number of aliphatic hydroxyl groups excluding tert-OH is 1. The Morgan fingerprint density at radius 1 is 1.44 bits per heavy atom. The summed E-state index contributed by atoms with van der Waals surface area (Å²) in [4.78, 5) is 9.09. The molecule has 100 valence electrons. The van der Waals surface area contributed by atoms with Gasteiger partial charge in [-0.3, -0.25) is 10.1 Å². The second-order valence-corrected chi connectivity index (χ2v) is 5.11. The van der Waals surface area contributed by atoms with Crippen LogP contribution in [0.3, 0.4) is 0 Å². The maximum absolute atomic E-state index is 13.0. The van der Waals surface area contributed by atoms with E-state index in [-0.39, 0.29) is 19.6 Å². The topological polar surface area (TPSA) is 110 Å². The summed E-state index contributed by atoms with van der Waals surface area (Å²) < 4.78 is 38.5. The van der Waals surface area contributed by atoms with Crippen molar-refractivity contribution in [3.8, 4) is 0 Å². The Balaban J connectivity index is 3.02. The molecule has 0 atom stereocenters. The van der Waals surface area contributed by atoms with Crippen molar-refractivity contribution in [3.63, 3.8) is 0 Å². The molecular weight excluding hydrogens is 267 g/mol. The SMILES string of the molecule is O=[N+]([O-])c1cc(S(=O)(=O)NCCCO)ccc1F. The van der Waals surface area contributed by atoms with Gasteiger partial charge in [0.1, 0.15) is 0 Å². The molecule has 0 spiro atoms. The van der Waals surface area contributed by atoms with Crippen molar-refractivity contribution in [2.24, 2.45) is 0 Å². The number of aliphatic hydroxyl groups is 1. The van der Waals surface area contributed by atoms with E-state index in [1.165, 1.54) is 0 Å². The largest absolute Gasteiger partial charge is 0.396 e. The number of nitro benzene ring substituents is 1. The highest BCUT2D eigenvalue weighted by molar-refractivity contribution is 7.89. The molecule has 0 aliphatic heterocycles. The third-order valence-electron chi connectivity index (χ3n) is 2.05. The highest BCUT2D eigenvalue weighted by Gasteiger charge is 2.20. The Morgan fingerprint density at radius 3 is 2.67 bits per heavy atom. The summed E-state index contributed by atoms with van der Waals surface area (Å²) in [5, 5.41) is 19.0. The molecule has 0 unspecified atom stereocenters. The summed E-state index contributed by atoms with van der Waals surface area (Å²) in [7, 11) is -3.94. The molecule has 0 saturated heterocycles. The number of sulfonamides is 1. The van der Waals surface area contributed by atoms with Crippen LogP contribution >= 0.6 is 0 Å². The van der Waals surface area contributed by atoms with Crippen molar-refractivity contribution in [1.82, 2.24) is 4.72 Å². The first kappa shape index (κ1) is 14.5. The maximum atomic E-state index is 13.0. The van der Waals surface area contributed by atoms with E-state index in [0.717, 1.165) is 12.1 Å². The number of halogens is 1. The van der Waals surface area contributed by atoms with Crippen molar-refractivity contribution in [2.45, 2.75) is 11.3 Å². The zero-order valence-electron chi connectivity index (χ0n) is 9.17. The molecule has 0 bridgehead atoms. The van der Waals surface area contributed by atoms with Gasteiger partial charge >= 0.3 is 5.69 Å². The smallest absolute Gasteiger partial charge is 0.306 e. The molecule has 1 aromatic carbocycles. The van der Waals surface area contributed by atoms with Gasteiger partial charge in [0.05, 0.1) is 9.82 Å². The number of benzene rings is 1. The first-order chi connectivity index (χ1) is 8.38. The fourth-order valence-electron chi connectivity index (χ4n) is 1.17. The summed E-state index contributed by atoms with van der Waals surface area (Å²) >= 11 is 0. The third-order valence-corrected chi connectivity index (χ3v) is 3.51. The predicted molar refractivity (Wildman–Crippen MR) is 59.9 cm³/mol. The van der Waals surface area contributed by atoms with E-state index in [9.17, 15) is 22.9 Å². The molecule has 0 saturated carbocycles. The van der Waals surface area contributed by atoms with Crippen molar-refractivity contribution < 1.29 is 22.8 Å². The summed E-state index contributed by atoms with van der Waals surface area (Å²) in [5.74, 6) is -1.10. The van der Waals surface area contributed by atoms with Gasteiger partial charge in [0, 0.05) is 19.2 Å². The molecule has 0 aromatic heterocycles. The van der Waals surface area contributed by atoms with Crippen molar-refractivity contribution >= 4 is 15.7 Å². The molecule has 7 nitrogen and oxygen atoms in total. The Labute approximate surface area is 102 Å². The van der Waals surface area contributed by atoms with Crippen LogP contribution in [-0.2, 0) is 10.0 Å². The predicted octanol–water partition coefficient (Wildman–Crippen LogP) is 0.395. The van der Waals surface area contributed by atoms with Crippen LogP contribution in [0.4, 0.5) is 10.1 Å². The number of nitrogens with one attached hydrogen (secondary N) is 1. The molecule has 18 heavy (non-hydrogen) atoms. The second-order valence-electron chi connectivity index (χ2n) is 3.35. The van der Waals surface area contributed by atoms with E-state index >= 15 is 0 Å². The standard InChI is InChI=1S/C9H11FN2O5S/c10-8-3-2-7(6-9(8)12(14)15)18(16,17)11-4-1-5-13/h2-3,6,11,13H,1,4-5H2. The summed E-state index contributed by atoms with van der Waals surface area (Å²) in [5.41, 5.74) is -0.903. The van der Waals surface area contributed by atoms with E-state index in [0.29, 0.717) is 6.07 Å². The maximum Gasteiger partial charge on any atom is 0.306 e. The Hall–Kier alpha value is -1.58. The molecule has 0 radical (unpaired) electrons. The molecule has 9 heteroatoms. The number of hydrogen-bond donors (Lipinski definition) is 2. The van der Waals surface area contributed by atoms with Crippen LogP contribution in [0.5, 0.6) is 0 Å². The minimum atomic E-state index is -3.94. The monoisotopic (exact) mass is 278 g/mol. The van der Waals surface area contributed by atoms with Gasteiger partial charge in [-0.1, -0.05) is 0 Å². The van der Waals surface area contributed by atoms with E-state index in [1.54, 1.807) is 0 Å². The van der Waals surface area contributed by atoms with Crippen LogP contribution < -0.4 is 4.72 Å². The third kappa shape index (κ3) is 3.45. The molecule has 2 N–H and O–H groups in total. The molecule has 0 aliphatic rings. The van der Waals surface area contributed by atoms with Crippen molar-refractivity contribution in [3.05, 3.63) is 34.1 Å². The fraction of sp³-hybridized carbons (Fsp3) is 0.333. The lowest BCUT2D eigenvalue weighted by Gasteiger charge is -2.05. The van der Waals surface area contributed by atoms with Crippen molar-refractivity contribution in [2.75, 3.05) is 13.2 Å². The molecule has 0 amide bonds. The average molecular weight is 278 g/mol. The van der Waals surface area contributed by atoms with E-state index in [1.807, 2.05) is 0 Å². The van der Waals surface area contributed by atoms with Gasteiger partial charge < -0.3 is 5.11 Å². The van der Waals surface area contributed by atoms with Crippen molar-refractivity contribution in [1.29, 1.82) is 0 Å². The lowest BCUT2D eigenvalue weighted by molar-refractivity contribution is -0.387. The lowest BCUT2D eigenvalue weighted by atomic mass is 10.3. The van der Waals surface area contributed by atoms with E-state index in [4.69, 9.17) is 5.11 Å². The van der Waals surface area contributed by atoms with Gasteiger partial charge in [0.15, 0.2) is 0 Å². The van der Waals surface area contributed by atoms with Crippen LogP contribution in [0.15, 0.2) is 23.1 Å². The molecule has 1 aromatic rings. The number of hydrogen-bond acceptors (Lipinski definition) is 5.